The summed E-state index contributed by atoms with van der Waals surface area (Å²) in [7, 11) is -4.39. The number of nitrogens with two attached hydrogens (primary N) is 1. The number of alkyl halides is 4. The minimum Gasteiger partial charge on any atom is -0.326 e. The molecule has 0 saturated carbocycles. The summed E-state index contributed by atoms with van der Waals surface area (Å²) >= 11 is 0. The van der Waals surface area contributed by atoms with Crippen molar-refractivity contribution in [3.63, 3.8) is 0 Å². The fourth-order valence-corrected chi connectivity index (χ4v) is 2.20. The maximum absolute atomic E-state index is 12.6. The molecule has 18 heavy (non-hydrogen) atoms. The number of H-pyrrole nitrogens is 1. The van der Waals surface area contributed by atoms with Gasteiger partial charge in [0.15, 0.2) is 5.03 Å². The van der Waals surface area contributed by atoms with Gasteiger partial charge in [-0.25, -0.2) is 21.9 Å². The van der Waals surface area contributed by atoms with Crippen molar-refractivity contribution in [3.05, 3.63) is 11.8 Å². The summed E-state index contributed by atoms with van der Waals surface area (Å²) in [6.45, 7) is -1.91. The second kappa shape index (κ2) is 5.20. The van der Waals surface area contributed by atoms with Gasteiger partial charge in [-0.3, -0.25) is 5.10 Å². The van der Waals surface area contributed by atoms with Gasteiger partial charge in [0.05, 0.1) is 12.7 Å². The number of nitrogens with one attached hydrogen (secondary N) is 2. The Bertz CT molecular complexity index is 501. The van der Waals surface area contributed by atoms with Crippen molar-refractivity contribution in [1.29, 1.82) is 0 Å². The quantitative estimate of drug-likeness (QED) is 0.644. The predicted octanol–water partition coefficient (Wildman–Crippen LogP) is 0.0471. The van der Waals surface area contributed by atoms with E-state index in [0.717, 1.165) is 6.20 Å². The van der Waals surface area contributed by atoms with E-state index < -0.39 is 33.9 Å². The van der Waals surface area contributed by atoms with Gasteiger partial charge in [0.1, 0.15) is 0 Å². The minimum absolute atomic E-state index is 0.0582. The highest BCUT2D eigenvalue weighted by Gasteiger charge is 2.41. The summed E-state index contributed by atoms with van der Waals surface area (Å²) in [6.07, 6.45) is -2.87. The largest absolute Gasteiger partial charge is 0.326 e. The van der Waals surface area contributed by atoms with E-state index in [2.05, 4.69) is 5.10 Å². The molecule has 1 aromatic heterocycles. The molecular weight excluding hydrogens is 280 g/mol. The van der Waals surface area contributed by atoms with Crippen LogP contribution in [0, 0.1) is 0 Å². The number of aromatic nitrogens is 2. The van der Waals surface area contributed by atoms with E-state index in [4.69, 9.17) is 5.73 Å². The Morgan fingerprint density at radius 2 is 2.11 bits per heavy atom. The fourth-order valence-electron chi connectivity index (χ4n) is 1.02. The summed E-state index contributed by atoms with van der Waals surface area (Å²) in [4.78, 5) is 0. The Hall–Kier alpha value is -1.20. The summed E-state index contributed by atoms with van der Waals surface area (Å²) in [5, 5.41) is 4.91. The van der Waals surface area contributed by atoms with Gasteiger partial charge >= 0.3 is 12.3 Å². The number of aromatic amines is 1. The summed E-state index contributed by atoms with van der Waals surface area (Å²) in [6, 6.07) is 0. The summed E-state index contributed by atoms with van der Waals surface area (Å²) < 4.78 is 73.3. The molecule has 0 aliphatic rings. The highest BCUT2D eigenvalue weighted by atomic mass is 32.2. The van der Waals surface area contributed by atoms with Crippen molar-refractivity contribution < 1.29 is 26.0 Å². The van der Waals surface area contributed by atoms with Crippen LogP contribution < -0.4 is 10.5 Å². The summed E-state index contributed by atoms with van der Waals surface area (Å²) in [5.74, 6) is -4.45. The van der Waals surface area contributed by atoms with Crippen LogP contribution in [-0.4, -0.2) is 37.5 Å². The van der Waals surface area contributed by atoms with Crippen LogP contribution in [0.25, 0.3) is 0 Å². The van der Waals surface area contributed by atoms with Gasteiger partial charge in [0.2, 0.25) is 0 Å². The number of halogens is 4. The average molecular weight is 290 g/mol. The van der Waals surface area contributed by atoms with Gasteiger partial charge in [-0.2, -0.15) is 13.9 Å². The third kappa shape index (κ3) is 3.17. The number of rotatable bonds is 6. The zero-order chi connectivity index (χ0) is 14.0. The molecule has 4 N–H and O–H groups in total. The number of sulfonamides is 1. The Morgan fingerprint density at radius 1 is 1.50 bits per heavy atom. The van der Waals surface area contributed by atoms with E-state index in [0.29, 0.717) is 0 Å². The van der Waals surface area contributed by atoms with Gasteiger partial charge in [0, 0.05) is 12.1 Å². The van der Waals surface area contributed by atoms with Crippen LogP contribution in [0.2, 0.25) is 0 Å². The molecule has 104 valence electrons. The first-order chi connectivity index (χ1) is 8.20. The van der Waals surface area contributed by atoms with E-state index in [-0.39, 0.29) is 12.1 Å². The third-order valence-electron chi connectivity index (χ3n) is 1.98. The zero-order valence-electron chi connectivity index (χ0n) is 8.83. The van der Waals surface area contributed by atoms with Crippen LogP contribution in [0.1, 0.15) is 5.56 Å². The van der Waals surface area contributed by atoms with Gasteiger partial charge < -0.3 is 5.73 Å². The van der Waals surface area contributed by atoms with Crippen LogP contribution >= 0.6 is 0 Å². The number of hydrogen-bond acceptors (Lipinski definition) is 4. The molecule has 1 rings (SSSR count). The van der Waals surface area contributed by atoms with E-state index in [1.807, 2.05) is 5.10 Å². The second-order valence-electron chi connectivity index (χ2n) is 3.31. The maximum Gasteiger partial charge on any atom is 0.320 e. The molecule has 0 aromatic carbocycles. The normalized spacial score (nSPS) is 13.2. The van der Waals surface area contributed by atoms with E-state index in [1.165, 1.54) is 4.72 Å². The molecule has 0 bridgehead atoms. The molecule has 0 spiro atoms. The molecule has 11 heteroatoms. The van der Waals surface area contributed by atoms with Crippen LogP contribution in [0.4, 0.5) is 17.6 Å². The molecular formula is C7H10F4N4O2S. The van der Waals surface area contributed by atoms with E-state index in [9.17, 15) is 26.0 Å². The third-order valence-corrected chi connectivity index (χ3v) is 3.40. The van der Waals surface area contributed by atoms with Crippen LogP contribution in [0.15, 0.2) is 11.2 Å². The molecule has 6 nitrogen and oxygen atoms in total. The molecule has 0 atom stereocenters. The lowest BCUT2D eigenvalue weighted by Gasteiger charge is -2.15. The fraction of sp³-hybridized carbons (Fsp3) is 0.571. The second-order valence-corrected chi connectivity index (χ2v) is 5.02. The highest BCUT2D eigenvalue weighted by Crippen LogP contribution is 2.22. The standard InChI is InChI=1S/C7H10F4N4O2S/c8-6(9)7(10,11)3-14-18(16,17)5-4(1-12)2-13-15-5/h2,6,14H,1,3,12H2,(H,13,15). The molecule has 0 fully saturated rings. The Balaban J connectivity index is 2.84. The van der Waals surface area contributed by atoms with Crippen LogP contribution in [0.5, 0.6) is 0 Å². The molecule has 0 aliphatic heterocycles. The molecule has 0 amide bonds. The number of nitrogens with zero attached hydrogens (tertiary/aromatic N) is 1. The summed E-state index contributed by atoms with van der Waals surface area (Å²) in [5.41, 5.74) is 5.26. The molecule has 0 aliphatic carbocycles. The number of hydrogen-bond donors (Lipinski definition) is 3. The van der Waals surface area contributed by atoms with Crippen molar-refractivity contribution in [3.8, 4) is 0 Å². The molecule has 0 unspecified atom stereocenters. The van der Waals surface area contributed by atoms with Crippen LogP contribution in [0.3, 0.4) is 0 Å². The molecule has 1 aromatic rings. The van der Waals surface area contributed by atoms with Crippen LogP contribution in [-0.2, 0) is 16.6 Å². The lowest BCUT2D eigenvalue weighted by molar-refractivity contribution is -0.122. The van der Waals surface area contributed by atoms with Crippen molar-refractivity contribution in [1.82, 2.24) is 14.9 Å². The van der Waals surface area contributed by atoms with E-state index in [1.54, 1.807) is 0 Å². The minimum atomic E-state index is -4.45. The Labute approximate surface area is 99.6 Å². The molecule has 0 saturated heterocycles. The molecule has 1 heterocycles. The van der Waals surface area contributed by atoms with Gasteiger partial charge in [-0.05, 0) is 0 Å². The Morgan fingerprint density at radius 3 is 2.61 bits per heavy atom. The van der Waals surface area contributed by atoms with E-state index >= 15 is 0 Å². The average Bonchev–Trinajstić information content (AvgIpc) is 2.75. The SMILES string of the molecule is NCc1cn[nH]c1S(=O)(=O)NCC(F)(F)C(F)F. The highest BCUT2D eigenvalue weighted by molar-refractivity contribution is 7.89. The first-order valence-corrected chi connectivity index (χ1v) is 6.07. The van der Waals surface area contributed by atoms with Crippen molar-refractivity contribution >= 4 is 10.0 Å². The Kier molecular flexibility index (Phi) is 4.29. The van der Waals surface area contributed by atoms with Crippen molar-refractivity contribution in [2.45, 2.75) is 23.9 Å². The smallest absolute Gasteiger partial charge is 0.320 e. The predicted molar refractivity (Wildman–Crippen MR) is 52.6 cm³/mol. The van der Waals surface area contributed by atoms with Crippen molar-refractivity contribution in [2.24, 2.45) is 5.73 Å². The lowest BCUT2D eigenvalue weighted by atomic mass is 10.4. The first kappa shape index (κ1) is 14.9. The maximum atomic E-state index is 12.6. The lowest BCUT2D eigenvalue weighted by Crippen LogP contribution is -2.41. The molecule has 0 radical (unpaired) electrons. The monoisotopic (exact) mass is 290 g/mol. The zero-order valence-corrected chi connectivity index (χ0v) is 9.65. The van der Waals surface area contributed by atoms with Crippen molar-refractivity contribution in [2.75, 3.05) is 6.54 Å². The van der Waals surface area contributed by atoms with Gasteiger partial charge in [-0.1, -0.05) is 0 Å². The first-order valence-electron chi connectivity index (χ1n) is 4.58. The van der Waals surface area contributed by atoms with Gasteiger partial charge in [0.25, 0.3) is 10.0 Å². The topological polar surface area (TPSA) is 101 Å². The van der Waals surface area contributed by atoms with Gasteiger partial charge in [-0.15, -0.1) is 0 Å².